The van der Waals surface area contributed by atoms with Crippen LogP contribution < -0.4 is 0 Å². The smallest absolute Gasteiger partial charge is 0.256 e. The first-order valence-electron chi connectivity index (χ1n) is 9.34. The molecule has 2 aliphatic heterocycles. The molecule has 0 saturated carbocycles. The summed E-state index contributed by atoms with van der Waals surface area (Å²) in [7, 11) is 0. The summed E-state index contributed by atoms with van der Waals surface area (Å²) in [5.74, 6) is -0.642. The summed E-state index contributed by atoms with van der Waals surface area (Å²) in [5, 5.41) is 0. The van der Waals surface area contributed by atoms with Gasteiger partial charge in [-0.1, -0.05) is 25.7 Å². The third-order valence-corrected chi connectivity index (χ3v) is 5.40. The fourth-order valence-corrected chi connectivity index (χ4v) is 3.29. The van der Waals surface area contributed by atoms with Gasteiger partial charge in [0.1, 0.15) is 0 Å². The number of hydrogen-bond donors (Lipinski definition) is 0. The zero-order chi connectivity index (χ0) is 19.4. The molecule has 0 aromatic heterocycles. The molecular formula is C20H28N2O4. The highest BCUT2D eigenvalue weighted by atomic mass is 16.2. The lowest BCUT2D eigenvalue weighted by Crippen LogP contribution is -2.32. The highest BCUT2D eigenvalue weighted by Crippen LogP contribution is 2.21. The molecule has 0 fully saturated rings. The van der Waals surface area contributed by atoms with E-state index < -0.39 is 0 Å². The summed E-state index contributed by atoms with van der Waals surface area (Å²) in [4.78, 5) is 50.4. The van der Waals surface area contributed by atoms with Crippen LogP contribution in [0.15, 0.2) is 22.3 Å². The molecule has 0 unspecified atom stereocenters. The van der Waals surface area contributed by atoms with E-state index in [1.54, 1.807) is 27.7 Å². The Morgan fingerprint density at radius 3 is 0.962 bits per heavy atom. The minimum Gasteiger partial charge on any atom is -0.275 e. The molecule has 0 N–H and O–H groups in total. The van der Waals surface area contributed by atoms with E-state index in [2.05, 4.69) is 0 Å². The average Bonchev–Trinajstić information content (AvgIpc) is 2.92. The maximum Gasteiger partial charge on any atom is 0.256 e. The van der Waals surface area contributed by atoms with Gasteiger partial charge in [-0.3, -0.25) is 29.0 Å². The first-order chi connectivity index (χ1) is 12.3. The largest absolute Gasteiger partial charge is 0.275 e. The molecule has 2 heterocycles. The monoisotopic (exact) mass is 360 g/mol. The van der Waals surface area contributed by atoms with Crippen LogP contribution in [0.5, 0.6) is 0 Å². The van der Waals surface area contributed by atoms with Gasteiger partial charge in [-0.25, -0.2) is 0 Å². The van der Waals surface area contributed by atoms with E-state index >= 15 is 0 Å². The first-order valence-corrected chi connectivity index (χ1v) is 9.34. The quantitative estimate of drug-likeness (QED) is 0.468. The van der Waals surface area contributed by atoms with E-state index in [4.69, 9.17) is 0 Å². The highest BCUT2D eigenvalue weighted by molar-refractivity contribution is 6.19. The van der Waals surface area contributed by atoms with Gasteiger partial charge in [0, 0.05) is 35.4 Å². The summed E-state index contributed by atoms with van der Waals surface area (Å²) in [6.45, 7) is 7.75. The van der Waals surface area contributed by atoms with Gasteiger partial charge in [-0.2, -0.15) is 0 Å². The number of amides is 4. The number of carbonyl (C=O) groups is 4. The number of nitrogens with zero attached hydrogens (tertiary/aromatic N) is 2. The molecule has 142 valence electrons. The first kappa shape index (κ1) is 20.1. The van der Waals surface area contributed by atoms with Gasteiger partial charge >= 0.3 is 0 Å². The molecule has 0 saturated heterocycles. The molecule has 2 rings (SSSR count). The predicted octanol–water partition coefficient (Wildman–Crippen LogP) is 2.74. The Morgan fingerprint density at radius 2 is 0.692 bits per heavy atom. The molecule has 2 aliphatic rings. The van der Waals surface area contributed by atoms with Gasteiger partial charge in [-0.15, -0.1) is 0 Å². The summed E-state index contributed by atoms with van der Waals surface area (Å²) in [5.41, 5.74) is 2.23. The molecule has 0 atom stereocenters. The number of rotatable bonds is 9. The van der Waals surface area contributed by atoms with Crippen molar-refractivity contribution in [2.24, 2.45) is 0 Å². The molecule has 0 radical (unpaired) electrons. The van der Waals surface area contributed by atoms with Crippen molar-refractivity contribution in [3.8, 4) is 0 Å². The number of carbonyl (C=O) groups excluding carboxylic acids is 4. The fraction of sp³-hybridized carbons (Fsp3) is 0.600. The van der Waals surface area contributed by atoms with Crippen LogP contribution in [0, 0.1) is 0 Å². The van der Waals surface area contributed by atoms with Crippen LogP contribution in [-0.4, -0.2) is 46.5 Å². The topological polar surface area (TPSA) is 74.8 Å². The zero-order valence-corrected chi connectivity index (χ0v) is 16.2. The Bertz CT molecular complexity index is 595. The van der Waals surface area contributed by atoms with Gasteiger partial charge in [-0.05, 0) is 40.5 Å². The molecule has 0 aromatic carbocycles. The summed E-state index contributed by atoms with van der Waals surface area (Å²) in [6.07, 6.45) is 5.56. The third kappa shape index (κ3) is 3.94. The lowest BCUT2D eigenvalue weighted by atomic mass is 10.1. The second kappa shape index (κ2) is 8.43. The van der Waals surface area contributed by atoms with Crippen LogP contribution in [0.3, 0.4) is 0 Å². The predicted molar refractivity (Wildman–Crippen MR) is 97.9 cm³/mol. The highest BCUT2D eigenvalue weighted by Gasteiger charge is 2.33. The van der Waals surface area contributed by atoms with Gasteiger partial charge in [0.05, 0.1) is 0 Å². The van der Waals surface area contributed by atoms with Crippen molar-refractivity contribution in [2.45, 2.75) is 66.2 Å². The van der Waals surface area contributed by atoms with Gasteiger partial charge in [0.25, 0.3) is 23.6 Å². The van der Waals surface area contributed by atoms with E-state index in [1.165, 1.54) is 9.80 Å². The fourth-order valence-electron chi connectivity index (χ4n) is 3.29. The lowest BCUT2D eigenvalue weighted by Gasteiger charge is -2.15. The van der Waals surface area contributed by atoms with E-state index in [1.807, 2.05) is 0 Å². The maximum absolute atomic E-state index is 11.9. The summed E-state index contributed by atoms with van der Waals surface area (Å²) in [6, 6.07) is 0. The summed E-state index contributed by atoms with van der Waals surface area (Å²) < 4.78 is 0. The minimum absolute atomic E-state index is 0.161. The second-order valence-corrected chi connectivity index (χ2v) is 7.15. The van der Waals surface area contributed by atoms with Crippen molar-refractivity contribution < 1.29 is 19.2 Å². The van der Waals surface area contributed by atoms with Crippen molar-refractivity contribution in [1.29, 1.82) is 0 Å². The second-order valence-electron chi connectivity index (χ2n) is 7.15. The van der Waals surface area contributed by atoms with E-state index in [-0.39, 0.29) is 23.6 Å². The van der Waals surface area contributed by atoms with Crippen LogP contribution in [0.25, 0.3) is 0 Å². The molecule has 0 aliphatic carbocycles. The van der Waals surface area contributed by atoms with Crippen LogP contribution in [0.2, 0.25) is 0 Å². The Kier molecular flexibility index (Phi) is 6.51. The summed E-state index contributed by atoms with van der Waals surface area (Å²) >= 11 is 0. The minimum atomic E-state index is -0.161. The van der Waals surface area contributed by atoms with Crippen LogP contribution in [-0.2, 0) is 19.2 Å². The lowest BCUT2D eigenvalue weighted by molar-refractivity contribution is -0.139. The van der Waals surface area contributed by atoms with Crippen molar-refractivity contribution in [1.82, 2.24) is 9.80 Å². The van der Waals surface area contributed by atoms with E-state index in [0.29, 0.717) is 35.4 Å². The van der Waals surface area contributed by atoms with Crippen LogP contribution >= 0.6 is 0 Å². The normalized spacial score (nSPS) is 18.3. The van der Waals surface area contributed by atoms with Crippen molar-refractivity contribution >= 4 is 23.6 Å². The van der Waals surface area contributed by atoms with E-state index in [9.17, 15) is 19.2 Å². The standard InChI is InChI=1S/C20H28N2O4/c1-13-14(2)18(24)21(17(13)23)11-9-7-5-6-8-10-12-22-19(25)15(3)16(4)20(22)26/h5-12H2,1-4H3. The van der Waals surface area contributed by atoms with Gasteiger partial charge in [0.2, 0.25) is 0 Å². The number of unbranched alkanes of at least 4 members (excludes halogenated alkanes) is 5. The van der Waals surface area contributed by atoms with Crippen molar-refractivity contribution in [3.63, 3.8) is 0 Å². The van der Waals surface area contributed by atoms with Crippen LogP contribution in [0.4, 0.5) is 0 Å². The number of imide groups is 2. The molecule has 6 nitrogen and oxygen atoms in total. The van der Waals surface area contributed by atoms with Crippen molar-refractivity contribution in [2.75, 3.05) is 13.1 Å². The third-order valence-electron chi connectivity index (χ3n) is 5.40. The van der Waals surface area contributed by atoms with Crippen molar-refractivity contribution in [3.05, 3.63) is 22.3 Å². The van der Waals surface area contributed by atoms with Gasteiger partial charge < -0.3 is 0 Å². The average molecular weight is 360 g/mol. The molecule has 26 heavy (non-hydrogen) atoms. The molecule has 0 spiro atoms. The Labute approximate surface area is 154 Å². The molecule has 0 aromatic rings. The SMILES string of the molecule is CC1=C(C)C(=O)N(CCCCCCCCN2C(=O)C(C)=C(C)C2=O)C1=O. The maximum atomic E-state index is 11.9. The molecular weight excluding hydrogens is 332 g/mol. The van der Waals surface area contributed by atoms with Gasteiger partial charge in [0.15, 0.2) is 0 Å². The zero-order valence-electron chi connectivity index (χ0n) is 16.2. The van der Waals surface area contributed by atoms with E-state index in [0.717, 1.165) is 38.5 Å². The number of hydrogen-bond acceptors (Lipinski definition) is 4. The Balaban J connectivity index is 1.56. The Hall–Kier alpha value is -2.24. The van der Waals surface area contributed by atoms with Crippen LogP contribution in [0.1, 0.15) is 66.2 Å². The molecule has 0 bridgehead atoms. The molecule has 4 amide bonds. The Morgan fingerprint density at radius 1 is 0.462 bits per heavy atom. The molecule has 6 heteroatoms.